The summed E-state index contributed by atoms with van der Waals surface area (Å²) in [6.45, 7) is 4.07. The summed E-state index contributed by atoms with van der Waals surface area (Å²) in [5, 5.41) is 10.7. The Hall–Kier alpha value is -2.18. The van der Waals surface area contributed by atoms with Gasteiger partial charge < -0.3 is 10.1 Å². The number of hydrogen-bond acceptors (Lipinski definition) is 4. The third-order valence-corrected chi connectivity index (χ3v) is 4.80. The normalized spacial score (nSPS) is 20.8. The molecule has 6 nitrogen and oxygen atoms in total. The van der Waals surface area contributed by atoms with Gasteiger partial charge in [-0.3, -0.25) is 14.8 Å². The van der Waals surface area contributed by atoms with Crippen LogP contribution in [0.4, 0.5) is 0 Å². The van der Waals surface area contributed by atoms with Crippen LogP contribution in [0, 0.1) is 0 Å². The highest BCUT2D eigenvalue weighted by Gasteiger charge is 2.26. The summed E-state index contributed by atoms with van der Waals surface area (Å²) >= 11 is 0. The largest absolute Gasteiger partial charge is 0.376 e. The highest BCUT2D eigenvalue weighted by molar-refractivity contribution is 5.94. The van der Waals surface area contributed by atoms with E-state index in [9.17, 15) is 4.79 Å². The molecule has 1 unspecified atom stereocenters. The average molecular weight is 326 g/mol. The minimum absolute atomic E-state index is 0.00741. The molecule has 0 bridgehead atoms. The third-order valence-electron chi connectivity index (χ3n) is 4.80. The molecule has 1 aromatic carbocycles. The second kappa shape index (κ2) is 6.75. The number of aromatic amines is 1. The Bertz CT molecular complexity index is 713. The maximum atomic E-state index is 12.3. The molecule has 1 saturated heterocycles. The minimum atomic E-state index is 0.00741. The van der Waals surface area contributed by atoms with Crippen LogP contribution in [-0.4, -0.2) is 46.7 Å². The van der Waals surface area contributed by atoms with E-state index in [1.54, 1.807) is 0 Å². The molecule has 4 rings (SSSR count). The molecule has 6 heteroatoms. The van der Waals surface area contributed by atoms with Crippen LogP contribution >= 0.6 is 0 Å². The fourth-order valence-corrected chi connectivity index (χ4v) is 3.46. The zero-order valence-corrected chi connectivity index (χ0v) is 13.6. The Balaban J connectivity index is 1.34. The number of nitrogens with one attached hydrogen (secondary N) is 2. The van der Waals surface area contributed by atoms with Gasteiger partial charge >= 0.3 is 0 Å². The van der Waals surface area contributed by atoms with Crippen molar-refractivity contribution in [2.45, 2.75) is 32.0 Å². The Morgan fingerprint density at radius 1 is 1.38 bits per heavy atom. The standard InChI is InChI=1S/C18H22N4O2/c23-18(13-4-2-1-3-5-13)19-14-6-8-22(10-14)11-17-15-12-24-9-7-16(15)20-21-17/h1-5,14H,6-12H2,(H,19,23)(H,20,21). The van der Waals surface area contributed by atoms with Gasteiger partial charge in [-0.25, -0.2) is 0 Å². The number of benzene rings is 1. The topological polar surface area (TPSA) is 70.2 Å². The van der Waals surface area contributed by atoms with E-state index in [0.717, 1.165) is 50.3 Å². The molecule has 2 aliphatic rings. The Kier molecular flexibility index (Phi) is 4.32. The van der Waals surface area contributed by atoms with Crippen LogP contribution in [0.15, 0.2) is 30.3 Å². The van der Waals surface area contributed by atoms with Crippen molar-refractivity contribution < 1.29 is 9.53 Å². The Morgan fingerprint density at radius 3 is 3.12 bits per heavy atom. The van der Waals surface area contributed by atoms with Crippen molar-refractivity contribution in [1.82, 2.24) is 20.4 Å². The van der Waals surface area contributed by atoms with E-state index < -0.39 is 0 Å². The van der Waals surface area contributed by atoms with Crippen molar-refractivity contribution in [3.05, 3.63) is 52.8 Å². The number of hydrogen-bond donors (Lipinski definition) is 2. The second-order valence-corrected chi connectivity index (χ2v) is 6.49. The summed E-state index contributed by atoms with van der Waals surface area (Å²) < 4.78 is 5.55. The molecule has 3 heterocycles. The molecule has 126 valence electrons. The van der Waals surface area contributed by atoms with Crippen LogP contribution in [-0.2, 0) is 24.3 Å². The lowest BCUT2D eigenvalue weighted by molar-refractivity contribution is 0.0937. The van der Waals surface area contributed by atoms with Gasteiger partial charge in [0, 0.05) is 48.9 Å². The van der Waals surface area contributed by atoms with Crippen molar-refractivity contribution in [2.24, 2.45) is 0 Å². The highest BCUT2D eigenvalue weighted by Crippen LogP contribution is 2.21. The number of carbonyl (C=O) groups excluding carboxylic acids is 1. The number of amides is 1. The van der Waals surface area contributed by atoms with Gasteiger partial charge in [-0.05, 0) is 18.6 Å². The van der Waals surface area contributed by atoms with Crippen LogP contribution in [0.2, 0.25) is 0 Å². The van der Waals surface area contributed by atoms with Crippen molar-refractivity contribution >= 4 is 5.91 Å². The smallest absolute Gasteiger partial charge is 0.251 e. The number of carbonyl (C=O) groups is 1. The molecule has 24 heavy (non-hydrogen) atoms. The van der Waals surface area contributed by atoms with E-state index in [4.69, 9.17) is 4.74 Å². The van der Waals surface area contributed by atoms with Gasteiger partial charge in [0.2, 0.25) is 0 Å². The van der Waals surface area contributed by atoms with E-state index in [1.807, 2.05) is 30.3 Å². The lowest BCUT2D eigenvalue weighted by Crippen LogP contribution is -2.37. The van der Waals surface area contributed by atoms with E-state index in [0.29, 0.717) is 6.61 Å². The molecule has 0 spiro atoms. The molecular formula is C18H22N4O2. The van der Waals surface area contributed by atoms with Gasteiger partial charge in [0.15, 0.2) is 0 Å². The molecule has 0 saturated carbocycles. The van der Waals surface area contributed by atoms with Gasteiger partial charge in [-0.2, -0.15) is 5.10 Å². The van der Waals surface area contributed by atoms with E-state index in [2.05, 4.69) is 20.4 Å². The van der Waals surface area contributed by atoms with Crippen molar-refractivity contribution in [2.75, 3.05) is 19.7 Å². The molecule has 1 aromatic heterocycles. The summed E-state index contributed by atoms with van der Waals surface area (Å²) in [7, 11) is 0. The Morgan fingerprint density at radius 2 is 2.25 bits per heavy atom. The number of likely N-dealkylation sites (tertiary alicyclic amines) is 1. The number of ether oxygens (including phenoxy) is 1. The molecular weight excluding hydrogens is 304 g/mol. The lowest BCUT2D eigenvalue weighted by Gasteiger charge is -2.18. The summed E-state index contributed by atoms with van der Waals surface area (Å²) in [6, 6.07) is 9.58. The summed E-state index contributed by atoms with van der Waals surface area (Å²) in [5.74, 6) is 0.00741. The van der Waals surface area contributed by atoms with E-state index in [-0.39, 0.29) is 11.9 Å². The maximum Gasteiger partial charge on any atom is 0.251 e. The lowest BCUT2D eigenvalue weighted by atomic mass is 10.1. The van der Waals surface area contributed by atoms with Crippen molar-refractivity contribution in [3.63, 3.8) is 0 Å². The number of H-pyrrole nitrogens is 1. The molecule has 2 aliphatic heterocycles. The van der Waals surface area contributed by atoms with Gasteiger partial charge in [0.1, 0.15) is 0 Å². The first kappa shape index (κ1) is 15.4. The van der Waals surface area contributed by atoms with Crippen LogP contribution in [0.5, 0.6) is 0 Å². The highest BCUT2D eigenvalue weighted by atomic mass is 16.5. The zero-order chi connectivity index (χ0) is 16.4. The van der Waals surface area contributed by atoms with E-state index >= 15 is 0 Å². The SMILES string of the molecule is O=C(NC1CCN(Cc2n[nH]c3c2COCC3)C1)c1ccccc1. The first-order valence-corrected chi connectivity index (χ1v) is 8.50. The molecule has 0 radical (unpaired) electrons. The molecule has 1 atom stereocenters. The quantitative estimate of drug-likeness (QED) is 0.893. The average Bonchev–Trinajstić information content (AvgIpc) is 3.23. The zero-order valence-electron chi connectivity index (χ0n) is 13.6. The summed E-state index contributed by atoms with van der Waals surface area (Å²) in [5.41, 5.74) is 4.23. The number of fused-ring (bicyclic) bond motifs is 1. The second-order valence-electron chi connectivity index (χ2n) is 6.49. The number of nitrogens with zero attached hydrogens (tertiary/aromatic N) is 2. The van der Waals surface area contributed by atoms with Crippen molar-refractivity contribution in [1.29, 1.82) is 0 Å². The van der Waals surface area contributed by atoms with Crippen LogP contribution in [0.1, 0.15) is 33.7 Å². The van der Waals surface area contributed by atoms with Gasteiger partial charge in [0.05, 0.1) is 18.9 Å². The van der Waals surface area contributed by atoms with Crippen LogP contribution < -0.4 is 5.32 Å². The minimum Gasteiger partial charge on any atom is -0.376 e. The molecule has 2 N–H and O–H groups in total. The monoisotopic (exact) mass is 326 g/mol. The van der Waals surface area contributed by atoms with Crippen LogP contribution in [0.3, 0.4) is 0 Å². The molecule has 0 aliphatic carbocycles. The first-order chi connectivity index (χ1) is 11.8. The first-order valence-electron chi connectivity index (χ1n) is 8.50. The molecule has 2 aromatic rings. The summed E-state index contributed by atoms with van der Waals surface area (Å²) in [4.78, 5) is 14.6. The van der Waals surface area contributed by atoms with Crippen LogP contribution in [0.25, 0.3) is 0 Å². The third kappa shape index (κ3) is 3.20. The predicted molar refractivity (Wildman–Crippen MR) is 89.5 cm³/mol. The van der Waals surface area contributed by atoms with Gasteiger partial charge in [-0.1, -0.05) is 18.2 Å². The fraction of sp³-hybridized carbons (Fsp3) is 0.444. The number of rotatable bonds is 4. The fourth-order valence-electron chi connectivity index (χ4n) is 3.46. The predicted octanol–water partition coefficient (Wildman–Crippen LogP) is 1.49. The number of aromatic nitrogens is 2. The Labute approximate surface area is 141 Å². The van der Waals surface area contributed by atoms with Crippen molar-refractivity contribution in [3.8, 4) is 0 Å². The van der Waals surface area contributed by atoms with Gasteiger partial charge in [0.25, 0.3) is 5.91 Å². The molecule has 1 amide bonds. The summed E-state index contributed by atoms with van der Waals surface area (Å²) in [6.07, 6.45) is 1.89. The molecule has 1 fully saturated rings. The maximum absolute atomic E-state index is 12.3. The van der Waals surface area contributed by atoms with E-state index in [1.165, 1.54) is 11.3 Å². The van der Waals surface area contributed by atoms with Gasteiger partial charge in [-0.15, -0.1) is 0 Å².